The van der Waals surface area contributed by atoms with E-state index < -0.39 is 0 Å². The molecule has 0 aliphatic heterocycles. The van der Waals surface area contributed by atoms with E-state index in [-0.39, 0.29) is 5.54 Å². The van der Waals surface area contributed by atoms with E-state index in [1.54, 1.807) is 18.2 Å². The quantitative estimate of drug-likeness (QED) is 0.489. The first-order valence-electron chi connectivity index (χ1n) is 5.40. The normalized spacial score (nSPS) is 13.1. The van der Waals surface area contributed by atoms with Gasteiger partial charge in [0.1, 0.15) is 0 Å². The molecule has 17 heavy (non-hydrogen) atoms. The second-order valence-electron chi connectivity index (χ2n) is 4.93. The van der Waals surface area contributed by atoms with Crippen LogP contribution >= 0.6 is 11.6 Å². The predicted octanol–water partition coefficient (Wildman–Crippen LogP) is 3.91. The predicted molar refractivity (Wildman–Crippen MR) is 70.6 cm³/mol. The van der Waals surface area contributed by atoms with Crippen molar-refractivity contribution in [3.63, 3.8) is 0 Å². The molecule has 4 heteroatoms. The van der Waals surface area contributed by atoms with Crippen LogP contribution in [0.15, 0.2) is 30.0 Å². The van der Waals surface area contributed by atoms with Crippen LogP contribution in [-0.2, 0) is 4.89 Å². The number of hydrogen-bond acceptors (Lipinski definition) is 3. The summed E-state index contributed by atoms with van der Waals surface area (Å²) >= 11 is 5.90. The third kappa shape index (κ3) is 4.29. The molecule has 0 saturated heterocycles. The van der Waals surface area contributed by atoms with Gasteiger partial charge in [-0.1, -0.05) is 23.7 Å². The fraction of sp³-hybridized carbons (Fsp3) is 0.385. The fourth-order valence-corrected chi connectivity index (χ4v) is 1.78. The van der Waals surface area contributed by atoms with Crippen molar-refractivity contribution in [1.29, 1.82) is 0 Å². The maximum absolute atomic E-state index is 9.00. The van der Waals surface area contributed by atoms with Crippen molar-refractivity contribution in [2.75, 3.05) is 0 Å². The van der Waals surface area contributed by atoms with Crippen molar-refractivity contribution in [2.24, 2.45) is 0 Å². The molecular formula is C13H18ClNO2. The lowest BCUT2D eigenvalue weighted by Gasteiger charge is -2.23. The Labute approximate surface area is 107 Å². The monoisotopic (exact) mass is 255 g/mol. The third-order valence-corrected chi connectivity index (χ3v) is 2.32. The van der Waals surface area contributed by atoms with Crippen molar-refractivity contribution in [1.82, 2.24) is 5.32 Å². The van der Waals surface area contributed by atoms with Crippen LogP contribution in [0.5, 0.6) is 0 Å². The minimum atomic E-state index is -0.105. The first kappa shape index (κ1) is 13.9. The summed E-state index contributed by atoms with van der Waals surface area (Å²) in [6.45, 7) is 7.94. The molecule has 1 aromatic rings. The van der Waals surface area contributed by atoms with Crippen LogP contribution < -0.4 is 5.32 Å². The summed E-state index contributed by atoms with van der Waals surface area (Å²) in [5, 5.41) is 12.8. The molecule has 0 fully saturated rings. The van der Waals surface area contributed by atoms with Gasteiger partial charge in [-0.2, -0.15) is 0 Å². The average Bonchev–Trinajstić information content (AvgIpc) is 2.15. The average molecular weight is 256 g/mol. The van der Waals surface area contributed by atoms with Gasteiger partial charge >= 0.3 is 0 Å². The highest BCUT2D eigenvalue weighted by Crippen LogP contribution is 2.22. The fourth-order valence-electron chi connectivity index (χ4n) is 1.59. The molecular weight excluding hydrogens is 238 g/mol. The Hall–Kier alpha value is -1.19. The van der Waals surface area contributed by atoms with Crippen LogP contribution in [0.3, 0.4) is 0 Å². The summed E-state index contributed by atoms with van der Waals surface area (Å²) in [4.78, 5) is 4.46. The molecule has 0 aliphatic rings. The Bertz CT molecular complexity index is 422. The van der Waals surface area contributed by atoms with E-state index in [0.29, 0.717) is 10.8 Å². The van der Waals surface area contributed by atoms with E-state index in [0.717, 1.165) is 11.3 Å². The SMILES string of the molecule is CC(NC(C)(C)C)=C(OO)c1cccc(Cl)c1. The molecule has 94 valence electrons. The molecule has 0 aromatic heterocycles. The van der Waals surface area contributed by atoms with Crippen LogP contribution in [0.2, 0.25) is 5.02 Å². The van der Waals surface area contributed by atoms with Gasteiger partial charge in [0.25, 0.3) is 0 Å². The Balaban J connectivity index is 3.09. The van der Waals surface area contributed by atoms with Gasteiger partial charge in [0.2, 0.25) is 0 Å². The van der Waals surface area contributed by atoms with E-state index >= 15 is 0 Å². The van der Waals surface area contributed by atoms with Crippen molar-refractivity contribution < 1.29 is 10.1 Å². The van der Waals surface area contributed by atoms with Gasteiger partial charge in [0.15, 0.2) is 5.76 Å². The van der Waals surface area contributed by atoms with E-state index in [2.05, 4.69) is 10.2 Å². The van der Waals surface area contributed by atoms with Crippen LogP contribution in [0, 0.1) is 0 Å². The van der Waals surface area contributed by atoms with E-state index in [1.807, 2.05) is 33.8 Å². The van der Waals surface area contributed by atoms with Crippen molar-refractivity contribution in [2.45, 2.75) is 33.2 Å². The second-order valence-corrected chi connectivity index (χ2v) is 5.37. The van der Waals surface area contributed by atoms with Crippen LogP contribution in [0.25, 0.3) is 5.76 Å². The van der Waals surface area contributed by atoms with E-state index in [4.69, 9.17) is 16.9 Å². The molecule has 3 nitrogen and oxygen atoms in total. The minimum absolute atomic E-state index is 0.105. The van der Waals surface area contributed by atoms with Crippen LogP contribution in [0.1, 0.15) is 33.3 Å². The highest BCUT2D eigenvalue weighted by atomic mass is 35.5. The highest BCUT2D eigenvalue weighted by Gasteiger charge is 2.14. The summed E-state index contributed by atoms with van der Waals surface area (Å²) in [5.74, 6) is 0.377. The molecule has 0 bridgehead atoms. The summed E-state index contributed by atoms with van der Waals surface area (Å²) in [7, 11) is 0. The summed E-state index contributed by atoms with van der Waals surface area (Å²) in [6, 6.07) is 7.14. The molecule has 0 unspecified atom stereocenters. The molecule has 0 aliphatic carbocycles. The van der Waals surface area contributed by atoms with Gasteiger partial charge < -0.3 is 10.2 Å². The van der Waals surface area contributed by atoms with E-state index in [9.17, 15) is 0 Å². The molecule has 0 heterocycles. The Kier molecular flexibility index (Phi) is 4.43. The topological polar surface area (TPSA) is 41.5 Å². The number of benzene rings is 1. The maximum Gasteiger partial charge on any atom is 0.190 e. The van der Waals surface area contributed by atoms with Gasteiger partial charge in [0, 0.05) is 16.1 Å². The van der Waals surface area contributed by atoms with E-state index in [1.165, 1.54) is 0 Å². The number of allylic oxidation sites excluding steroid dienone is 1. The van der Waals surface area contributed by atoms with Gasteiger partial charge in [-0.15, -0.1) is 0 Å². The Morgan fingerprint density at radius 3 is 2.47 bits per heavy atom. The molecule has 1 rings (SSSR count). The molecule has 0 atom stereocenters. The molecule has 0 radical (unpaired) electrons. The number of hydrogen-bond donors (Lipinski definition) is 2. The summed E-state index contributed by atoms with van der Waals surface area (Å²) in [6.07, 6.45) is 0. The Morgan fingerprint density at radius 2 is 2.00 bits per heavy atom. The number of rotatable bonds is 3. The second kappa shape index (κ2) is 5.43. The summed E-state index contributed by atoms with van der Waals surface area (Å²) in [5.41, 5.74) is 1.38. The smallest absolute Gasteiger partial charge is 0.190 e. The third-order valence-electron chi connectivity index (χ3n) is 2.08. The first-order valence-corrected chi connectivity index (χ1v) is 5.78. The molecule has 0 amide bonds. The highest BCUT2D eigenvalue weighted by molar-refractivity contribution is 6.30. The van der Waals surface area contributed by atoms with Crippen LogP contribution in [-0.4, -0.2) is 10.8 Å². The standard InChI is InChI=1S/C13H18ClNO2/c1-9(15-13(2,3)4)12(17-16)10-6-5-7-11(14)8-10/h5-8,15-16H,1-4H3. The van der Waals surface area contributed by atoms with Crippen molar-refractivity contribution in [3.8, 4) is 0 Å². The lowest BCUT2D eigenvalue weighted by atomic mass is 10.1. The molecule has 2 N–H and O–H groups in total. The number of nitrogens with one attached hydrogen (secondary N) is 1. The van der Waals surface area contributed by atoms with Crippen molar-refractivity contribution in [3.05, 3.63) is 40.5 Å². The van der Waals surface area contributed by atoms with Gasteiger partial charge in [-0.3, -0.25) is 0 Å². The van der Waals surface area contributed by atoms with Gasteiger partial charge in [-0.25, -0.2) is 5.26 Å². The largest absolute Gasteiger partial charge is 0.381 e. The first-order chi connectivity index (χ1) is 7.83. The zero-order valence-electron chi connectivity index (χ0n) is 10.5. The zero-order chi connectivity index (χ0) is 13.1. The lowest BCUT2D eigenvalue weighted by Crippen LogP contribution is -2.34. The van der Waals surface area contributed by atoms with Gasteiger partial charge in [0.05, 0.1) is 5.70 Å². The van der Waals surface area contributed by atoms with Gasteiger partial charge in [-0.05, 0) is 39.8 Å². The zero-order valence-corrected chi connectivity index (χ0v) is 11.3. The maximum atomic E-state index is 9.00. The molecule has 0 spiro atoms. The lowest BCUT2D eigenvalue weighted by molar-refractivity contribution is -0.171. The Morgan fingerprint density at radius 1 is 1.35 bits per heavy atom. The molecule has 0 saturated carbocycles. The van der Waals surface area contributed by atoms with Crippen LogP contribution in [0.4, 0.5) is 0 Å². The number of halogens is 1. The minimum Gasteiger partial charge on any atom is -0.381 e. The summed E-state index contributed by atoms with van der Waals surface area (Å²) < 4.78 is 0. The van der Waals surface area contributed by atoms with Crippen molar-refractivity contribution >= 4 is 17.4 Å². The molecule has 1 aromatic carbocycles.